The third-order valence-corrected chi connectivity index (χ3v) is 3.40. The molecule has 17 heavy (non-hydrogen) atoms. The van der Waals surface area contributed by atoms with Crippen molar-refractivity contribution in [3.63, 3.8) is 0 Å². The summed E-state index contributed by atoms with van der Waals surface area (Å²) in [6.07, 6.45) is 8.13. The lowest BCUT2D eigenvalue weighted by atomic mass is 9.89. The molecule has 104 valence electrons. The van der Waals surface area contributed by atoms with Crippen molar-refractivity contribution in [2.24, 2.45) is 11.3 Å². The molecule has 0 radical (unpaired) electrons. The lowest BCUT2D eigenvalue weighted by molar-refractivity contribution is 0.338. The van der Waals surface area contributed by atoms with Crippen LogP contribution in [0.25, 0.3) is 0 Å². The van der Waals surface area contributed by atoms with Gasteiger partial charge in [-0.1, -0.05) is 60.8 Å². The van der Waals surface area contributed by atoms with E-state index in [1.807, 2.05) is 0 Å². The highest BCUT2D eigenvalue weighted by Crippen LogP contribution is 2.22. The fourth-order valence-corrected chi connectivity index (χ4v) is 2.20. The smallest absolute Gasteiger partial charge is 0.00900 e. The third-order valence-electron chi connectivity index (χ3n) is 3.40. The lowest BCUT2D eigenvalue weighted by Gasteiger charge is -2.23. The van der Waals surface area contributed by atoms with E-state index in [0.717, 1.165) is 12.0 Å². The van der Waals surface area contributed by atoms with Gasteiger partial charge in [-0.15, -0.1) is 0 Å². The second-order valence-electron chi connectivity index (χ2n) is 6.96. The van der Waals surface area contributed by atoms with E-state index < -0.39 is 0 Å². The zero-order valence-electron chi connectivity index (χ0n) is 13.1. The van der Waals surface area contributed by atoms with E-state index in [2.05, 4.69) is 46.9 Å². The Morgan fingerprint density at radius 2 is 1.65 bits per heavy atom. The van der Waals surface area contributed by atoms with Gasteiger partial charge in [-0.3, -0.25) is 0 Å². The zero-order valence-corrected chi connectivity index (χ0v) is 13.1. The Morgan fingerprint density at radius 3 is 2.12 bits per heavy atom. The van der Waals surface area contributed by atoms with Crippen molar-refractivity contribution >= 4 is 0 Å². The van der Waals surface area contributed by atoms with Gasteiger partial charge in [0.1, 0.15) is 0 Å². The van der Waals surface area contributed by atoms with Crippen LogP contribution in [0.2, 0.25) is 0 Å². The van der Waals surface area contributed by atoms with Crippen LogP contribution in [0, 0.1) is 11.3 Å². The molecule has 0 aliphatic carbocycles. The molecule has 0 spiro atoms. The molecule has 0 rings (SSSR count). The number of hydrogen-bond donors (Lipinski definition) is 1. The Morgan fingerprint density at radius 1 is 1.00 bits per heavy atom. The molecule has 0 aliphatic rings. The number of unbranched alkanes of at least 4 members (excludes halogenated alkanes) is 2. The molecule has 0 aromatic carbocycles. The molecule has 1 unspecified atom stereocenters. The summed E-state index contributed by atoms with van der Waals surface area (Å²) in [7, 11) is 0. The molecule has 0 amide bonds. The molecule has 1 N–H and O–H groups in total. The predicted octanol–water partition coefficient (Wildman–Crippen LogP) is 5.01. The van der Waals surface area contributed by atoms with Crippen molar-refractivity contribution in [2.45, 2.75) is 86.1 Å². The van der Waals surface area contributed by atoms with Gasteiger partial charge in [0.2, 0.25) is 0 Å². The molecular formula is C16H35N. The van der Waals surface area contributed by atoms with Gasteiger partial charge in [0.05, 0.1) is 0 Å². The summed E-state index contributed by atoms with van der Waals surface area (Å²) in [6.45, 7) is 15.1. The van der Waals surface area contributed by atoms with Crippen molar-refractivity contribution < 1.29 is 0 Å². The Labute approximate surface area is 110 Å². The van der Waals surface area contributed by atoms with Gasteiger partial charge in [0, 0.05) is 6.04 Å². The van der Waals surface area contributed by atoms with Crippen LogP contribution in [0.1, 0.15) is 80.1 Å². The Kier molecular flexibility index (Phi) is 8.94. The van der Waals surface area contributed by atoms with Gasteiger partial charge in [0.25, 0.3) is 0 Å². The molecule has 0 aromatic rings. The second-order valence-corrected chi connectivity index (χ2v) is 6.96. The molecular weight excluding hydrogens is 206 g/mol. The summed E-state index contributed by atoms with van der Waals surface area (Å²) in [5.74, 6) is 0.768. The lowest BCUT2D eigenvalue weighted by Crippen LogP contribution is -2.34. The minimum absolute atomic E-state index is 0.512. The summed E-state index contributed by atoms with van der Waals surface area (Å²) in [4.78, 5) is 0. The molecule has 0 bridgehead atoms. The number of nitrogens with one attached hydrogen (secondary N) is 1. The van der Waals surface area contributed by atoms with Crippen LogP contribution in [0.5, 0.6) is 0 Å². The fourth-order valence-electron chi connectivity index (χ4n) is 2.20. The number of hydrogen-bond acceptors (Lipinski definition) is 1. The van der Waals surface area contributed by atoms with Crippen LogP contribution in [0.4, 0.5) is 0 Å². The molecule has 1 atom stereocenters. The summed E-state index contributed by atoms with van der Waals surface area (Å²) in [5, 5.41) is 3.68. The van der Waals surface area contributed by atoms with E-state index in [9.17, 15) is 0 Å². The van der Waals surface area contributed by atoms with Crippen LogP contribution in [-0.4, -0.2) is 12.6 Å². The summed E-state index contributed by atoms with van der Waals surface area (Å²) < 4.78 is 0. The first-order valence-electron chi connectivity index (χ1n) is 7.60. The maximum absolute atomic E-state index is 3.68. The Balaban J connectivity index is 3.61. The summed E-state index contributed by atoms with van der Waals surface area (Å²) in [5.41, 5.74) is 0.512. The summed E-state index contributed by atoms with van der Waals surface area (Å²) >= 11 is 0. The maximum atomic E-state index is 3.68. The SMILES string of the molecule is CCCNC(CCCCCC(C)(C)C)C(C)C. The van der Waals surface area contributed by atoms with Crippen LogP contribution in [-0.2, 0) is 0 Å². The standard InChI is InChI=1S/C16H35N/c1-7-13-17-15(14(2)3)11-9-8-10-12-16(4,5)6/h14-15,17H,7-13H2,1-6H3. The van der Waals surface area contributed by atoms with Crippen molar-refractivity contribution in [3.05, 3.63) is 0 Å². The normalized spacial score (nSPS) is 14.3. The topological polar surface area (TPSA) is 12.0 Å². The third kappa shape index (κ3) is 10.8. The van der Waals surface area contributed by atoms with Gasteiger partial charge in [-0.25, -0.2) is 0 Å². The maximum Gasteiger partial charge on any atom is 0.00900 e. The first-order chi connectivity index (χ1) is 7.87. The molecule has 1 heteroatoms. The average molecular weight is 241 g/mol. The molecule has 0 aromatic heterocycles. The highest BCUT2D eigenvalue weighted by atomic mass is 14.9. The zero-order chi connectivity index (χ0) is 13.3. The first kappa shape index (κ1) is 17.0. The van der Waals surface area contributed by atoms with E-state index in [4.69, 9.17) is 0 Å². The molecule has 0 saturated carbocycles. The molecule has 0 fully saturated rings. The monoisotopic (exact) mass is 241 g/mol. The van der Waals surface area contributed by atoms with E-state index in [0.29, 0.717) is 5.41 Å². The van der Waals surface area contributed by atoms with Crippen LogP contribution >= 0.6 is 0 Å². The van der Waals surface area contributed by atoms with E-state index in [1.54, 1.807) is 0 Å². The highest BCUT2D eigenvalue weighted by Gasteiger charge is 2.12. The quantitative estimate of drug-likeness (QED) is 0.560. The number of rotatable bonds is 9. The summed E-state index contributed by atoms with van der Waals surface area (Å²) in [6, 6.07) is 0.726. The van der Waals surface area contributed by atoms with Crippen molar-refractivity contribution in [3.8, 4) is 0 Å². The van der Waals surface area contributed by atoms with Gasteiger partial charge in [-0.2, -0.15) is 0 Å². The second kappa shape index (κ2) is 8.97. The molecule has 1 nitrogen and oxygen atoms in total. The van der Waals surface area contributed by atoms with E-state index in [-0.39, 0.29) is 0 Å². The van der Waals surface area contributed by atoms with E-state index >= 15 is 0 Å². The molecule has 0 aliphatic heterocycles. The minimum atomic E-state index is 0.512. The minimum Gasteiger partial charge on any atom is -0.314 e. The Bertz CT molecular complexity index is 167. The first-order valence-corrected chi connectivity index (χ1v) is 7.60. The van der Waals surface area contributed by atoms with E-state index in [1.165, 1.54) is 45.1 Å². The van der Waals surface area contributed by atoms with Crippen LogP contribution < -0.4 is 5.32 Å². The van der Waals surface area contributed by atoms with Gasteiger partial charge < -0.3 is 5.32 Å². The van der Waals surface area contributed by atoms with Crippen LogP contribution in [0.3, 0.4) is 0 Å². The van der Waals surface area contributed by atoms with Crippen molar-refractivity contribution in [1.82, 2.24) is 5.32 Å². The Hall–Kier alpha value is -0.0400. The fraction of sp³-hybridized carbons (Fsp3) is 1.00. The van der Waals surface area contributed by atoms with Crippen molar-refractivity contribution in [2.75, 3.05) is 6.54 Å². The largest absolute Gasteiger partial charge is 0.314 e. The van der Waals surface area contributed by atoms with Gasteiger partial charge in [0.15, 0.2) is 0 Å². The van der Waals surface area contributed by atoms with Crippen molar-refractivity contribution in [1.29, 1.82) is 0 Å². The average Bonchev–Trinajstić information content (AvgIpc) is 2.20. The van der Waals surface area contributed by atoms with Crippen LogP contribution in [0.15, 0.2) is 0 Å². The predicted molar refractivity (Wildman–Crippen MR) is 79.5 cm³/mol. The molecule has 0 saturated heterocycles. The van der Waals surface area contributed by atoms with Gasteiger partial charge in [-0.05, 0) is 37.1 Å². The van der Waals surface area contributed by atoms with Gasteiger partial charge >= 0.3 is 0 Å². The molecule has 0 heterocycles. The highest BCUT2D eigenvalue weighted by molar-refractivity contribution is 4.70.